The van der Waals surface area contributed by atoms with Crippen LogP contribution in [0.1, 0.15) is 40.0 Å². The summed E-state index contributed by atoms with van der Waals surface area (Å²) in [5.74, 6) is -0.102. The molecule has 1 unspecified atom stereocenters. The number of carbonyl (C=O) groups excluding carboxylic acids is 1. The molecule has 7 heteroatoms. The number of hydrogen-bond acceptors (Lipinski definition) is 4. The van der Waals surface area contributed by atoms with Crippen molar-refractivity contribution in [1.82, 2.24) is 10.3 Å². The molecule has 1 fully saturated rings. The molecule has 5 nitrogen and oxygen atoms in total. The van der Waals surface area contributed by atoms with E-state index in [1.165, 1.54) is 0 Å². The van der Waals surface area contributed by atoms with Gasteiger partial charge in [-0.15, -0.1) is 0 Å². The number of nitrogens with one attached hydrogen (secondary N) is 1. The maximum atomic E-state index is 13.3. The maximum absolute atomic E-state index is 13.3. The van der Waals surface area contributed by atoms with E-state index in [1.807, 2.05) is 54.6 Å². The molecule has 1 amide bonds. The molecule has 158 valence electrons. The summed E-state index contributed by atoms with van der Waals surface area (Å²) in [5.41, 5.74) is 5.05. The van der Waals surface area contributed by atoms with Gasteiger partial charge in [-0.1, -0.05) is 48.0 Å². The first-order valence-electron chi connectivity index (χ1n) is 10.3. The van der Waals surface area contributed by atoms with Crippen molar-refractivity contribution >= 4 is 49.9 Å². The molecule has 0 saturated carbocycles. The van der Waals surface area contributed by atoms with Crippen LogP contribution in [-0.4, -0.2) is 36.9 Å². The Morgan fingerprint density at radius 2 is 1.87 bits per heavy atom. The van der Waals surface area contributed by atoms with Crippen molar-refractivity contribution in [2.24, 2.45) is 0 Å². The zero-order valence-electron chi connectivity index (χ0n) is 16.8. The Hall–Kier alpha value is -2.70. The lowest BCUT2D eigenvalue weighted by molar-refractivity contribution is 0.0942. The number of fused-ring (bicyclic) bond motifs is 2. The second-order valence-corrected chi connectivity index (χ2v) is 10.7. The van der Waals surface area contributed by atoms with Crippen molar-refractivity contribution in [2.45, 2.75) is 25.3 Å². The number of hydrogen-bond donors (Lipinski definition) is 1. The van der Waals surface area contributed by atoms with Gasteiger partial charge in [-0.3, -0.25) is 4.79 Å². The van der Waals surface area contributed by atoms with E-state index in [2.05, 4.69) is 5.32 Å². The van der Waals surface area contributed by atoms with E-state index >= 15 is 0 Å². The number of sulfone groups is 1. The van der Waals surface area contributed by atoms with Crippen molar-refractivity contribution < 1.29 is 13.2 Å². The molecule has 1 saturated heterocycles. The number of pyridine rings is 1. The van der Waals surface area contributed by atoms with Gasteiger partial charge in [-0.2, -0.15) is 0 Å². The Labute approximate surface area is 186 Å². The van der Waals surface area contributed by atoms with Gasteiger partial charge in [-0.05, 0) is 54.2 Å². The van der Waals surface area contributed by atoms with E-state index in [1.54, 1.807) is 0 Å². The smallest absolute Gasteiger partial charge is 0.252 e. The Balaban J connectivity index is 1.59. The number of carbonyl (C=O) groups is 1. The molecule has 0 radical (unpaired) electrons. The maximum Gasteiger partial charge on any atom is 0.252 e. The number of amides is 1. The fourth-order valence-corrected chi connectivity index (χ4v) is 6.35. The number of allylic oxidation sites excluding steroid dienone is 1. The van der Waals surface area contributed by atoms with Gasteiger partial charge in [0.1, 0.15) is 0 Å². The molecule has 2 aliphatic rings. The van der Waals surface area contributed by atoms with Crippen LogP contribution >= 0.6 is 11.6 Å². The number of benzene rings is 2. The number of rotatable bonds is 3. The molecule has 2 aromatic carbocycles. The molecule has 5 rings (SSSR count). The van der Waals surface area contributed by atoms with Crippen LogP contribution in [0.15, 0.2) is 48.5 Å². The lowest BCUT2D eigenvalue weighted by atomic mass is 9.99. The molecule has 1 N–H and O–H groups in total. The van der Waals surface area contributed by atoms with Crippen LogP contribution in [-0.2, 0) is 16.3 Å². The Morgan fingerprint density at radius 3 is 2.65 bits per heavy atom. The first-order valence-corrected chi connectivity index (χ1v) is 12.5. The summed E-state index contributed by atoms with van der Waals surface area (Å²) >= 11 is 6.35. The molecule has 1 atom stereocenters. The molecule has 3 aromatic rings. The van der Waals surface area contributed by atoms with Crippen molar-refractivity contribution in [2.75, 3.05) is 11.5 Å². The summed E-state index contributed by atoms with van der Waals surface area (Å²) in [6.07, 6.45) is 3.97. The highest BCUT2D eigenvalue weighted by atomic mass is 35.5. The van der Waals surface area contributed by atoms with Crippen LogP contribution in [0.25, 0.3) is 22.6 Å². The van der Waals surface area contributed by atoms with Gasteiger partial charge in [-0.25, -0.2) is 13.4 Å². The fourth-order valence-electron chi connectivity index (χ4n) is 4.48. The monoisotopic (exact) mass is 452 g/mol. The first-order chi connectivity index (χ1) is 14.9. The molecular weight excluding hydrogens is 432 g/mol. The molecule has 1 aliphatic carbocycles. The number of nitrogens with zero attached hydrogens (tertiary/aromatic N) is 1. The standard InChI is InChI=1S/C24H21ClN2O3S/c25-20-7-3-1-5-15(20)13-16-9-10-19-22(18-6-2-4-8-21(18)27-23(16)19)24(28)26-17-11-12-31(29,30)14-17/h1-8,13,17H,9-12,14H2,(H,26,28)/b16-13+. The topological polar surface area (TPSA) is 76.1 Å². The fraction of sp³-hybridized carbons (Fsp3) is 0.250. The zero-order chi connectivity index (χ0) is 21.6. The van der Waals surface area contributed by atoms with E-state index in [4.69, 9.17) is 16.6 Å². The summed E-state index contributed by atoms with van der Waals surface area (Å²) < 4.78 is 23.6. The highest BCUT2D eigenvalue weighted by molar-refractivity contribution is 7.91. The number of halogens is 1. The lowest BCUT2D eigenvalue weighted by Gasteiger charge is -2.15. The molecule has 1 aliphatic heterocycles. The SMILES string of the molecule is O=C(NC1CCS(=O)(=O)C1)c1c2c(nc3ccccc13)/C(=C/c1ccccc1Cl)CC2. The van der Waals surface area contributed by atoms with Gasteiger partial charge in [0.25, 0.3) is 5.91 Å². The van der Waals surface area contributed by atoms with E-state index in [9.17, 15) is 13.2 Å². The predicted molar refractivity (Wildman–Crippen MR) is 124 cm³/mol. The lowest BCUT2D eigenvalue weighted by Crippen LogP contribution is -2.36. The summed E-state index contributed by atoms with van der Waals surface area (Å²) in [6.45, 7) is 0. The molecule has 0 bridgehead atoms. The van der Waals surface area contributed by atoms with E-state index < -0.39 is 9.84 Å². The molecule has 0 spiro atoms. The minimum Gasteiger partial charge on any atom is -0.348 e. The van der Waals surface area contributed by atoms with Crippen LogP contribution < -0.4 is 5.32 Å². The van der Waals surface area contributed by atoms with Gasteiger partial charge in [0.15, 0.2) is 9.84 Å². The Morgan fingerprint density at radius 1 is 1.10 bits per heavy atom. The summed E-state index contributed by atoms with van der Waals surface area (Å²) in [5, 5.41) is 4.42. The second-order valence-electron chi connectivity index (χ2n) is 8.10. The van der Waals surface area contributed by atoms with Crippen molar-refractivity contribution in [1.29, 1.82) is 0 Å². The number of para-hydroxylation sites is 1. The van der Waals surface area contributed by atoms with E-state index in [-0.39, 0.29) is 23.5 Å². The van der Waals surface area contributed by atoms with Gasteiger partial charge < -0.3 is 5.32 Å². The van der Waals surface area contributed by atoms with Crippen molar-refractivity contribution in [3.05, 3.63) is 75.9 Å². The quantitative estimate of drug-likeness (QED) is 0.643. The Kier molecular flexibility index (Phi) is 5.07. The third kappa shape index (κ3) is 3.86. The molecule has 2 heterocycles. The van der Waals surface area contributed by atoms with Crippen molar-refractivity contribution in [3.63, 3.8) is 0 Å². The van der Waals surface area contributed by atoms with Gasteiger partial charge >= 0.3 is 0 Å². The van der Waals surface area contributed by atoms with Crippen LogP contribution in [0.4, 0.5) is 0 Å². The van der Waals surface area contributed by atoms with Crippen LogP contribution in [0.5, 0.6) is 0 Å². The average Bonchev–Trinajstić information content (AvgIpc) is 3.30. The minimum absolute atomic E-state index is 0.00159. The minimum atomic E-state index is -3.07. The van der Waals surface area contributed by atoms with Crippen LogP contribution in [0, 0.1) is 0 Å². The van der Waals surface area contributed by atoms with Gasteiger partial charge in [0, 0.05) is 16.5 Å². The third-order valence-electron chi connectivity index (χ3n) is 5.97. The van der Waals surface area contributed by atoms with E-state index in [0.717, 1.165) is 39.7 Å². The Bertz CT molecular complexity index is 1350. The highest BCUT2D eigenvalue weighted by Crippen LogP contribution is 2.38. The zero-order valence-corrected chi connectivity index (χ0v) is 18.3. The number of aromatic nitrogens is 1. The summed E-state index contributed by atoms with van der Waals surface area (Å²) in [7, 11) is -3.07. The van der Waals surface area contributed by atoms with Crippen LogP contribution in [0.3, 0.4) is 0 Å². The van der Waals surface area contributed by atoms with Crippen molar-refractivity contribution in [3.8, 4) is 0 Å². The second kappa shape index (κ2) is 7.77. The van der Waals surface area contributed by atoms with Gasteiger partial charge in [0.05, 0.1) is 28.3 Å². The normalized spacial score (nSPS) is 20.8. The predicted octanol–water partition coefficient (Wildman–Crippen LogP) is 4.29. The molecule has 31 heavy (non-hydrogen) atoms. The third-order valence-corrected chi connectivity index (χ3v) is 8.08. The van der Waals surface area contributed by atoms with Gasteiger partial charge in [0.2, 0.25) is 0 Å². The largest absolute Gasteiger partial charge is 0.348 e. The van der Waals surface area contributed by atoms with E-state index in [0.29, 0.717) is 23.4 Å². The highest BCUT2D eigenvalue weighted by Gasteiger charge is 2.32. The summed E-state index contributed by atoms with van der Waals surface area (Å²) in [4.78, 5) is 18.2. The molecular formula is C24H21ClN2O3S. The first kappa shape index (κ1) is 20.2. The molecule has 1 aromatic heterocycles. The average molecular weight is 453 g/mol. The summed E-state index contributed by atoms with van der Waals surface area (Å²) in [6, 6.07) is 14.9. The van der Waals surface area contributed by atoms with Crippen LogP contribution in [0.2, 0.25) is 5.02 Å².